The first-order valence-corrected chi connectivity index (χ1v) is 12.6. The first-order chi connectivity index (χ1) is 17.2. The van der Waals surface area contributed by atoms with Crippen LogP contribution < -0.4 is 0 Å². The molecule has 4 aromatic rings. The number of aromatic nitrogens is 4. The summed E-state index contributed by atoms with van der Waals surface area (Å²) in [5, 5.41) is 21.6. The molecule has 0 bridgehead atoms. The summed E-state index contributed by atoms with van der Waals surface area (Å²) in [6.07, 6.45) is 7.34. The molecule has 1 saturated carbocycles. The molecule has 1 fully saturated rings. The number of amides is 1. The first kappa shape index (κ1) is 20.4. The number of hydrazone groups is 1. The maximum absolute atomic E-state index is 13.1. The van der Waals surface area contributed by atoms with Gasteiger partial charge < -0.3 is 0 Å². The number of benzene rings is 1. The van der Waals surface area contributed by atoms with Gasteiger partial charge in [-0.1, -0.05) is 41.7 Å². The van der Waals surface area contributed by atoms with Crippen LogP contribution in [0.4, 0.5) is 0 Å². The molecule has 0 atom stereocenters. The topological polar surface area (TPSA) is 112 Å². The van der Waals surface area contributed by atoms with E-state index in [1.54, 1.807) is 34.3 Å². The van der Waals surface area contributed by atoms with E-state index < -0.39 is 5.91 Å². The van der Waals surface area contributed by atoms with Crippen molar-refractivity contribution in [3.8, 4) is 11.3 Å². The van der Waals surface area contributed by atoms with E-state index in [1.165, 1.54) is 16.8 Å². The van der Waals surface area contributed by atoms with Gasteiger partial charge >= 0.3 is 0 Å². The summed E-state index contributed by atoms with van der Waals surface area (Å²) < 4.78 is 1.79. The molecule has 9 nitrogen and oxygen atoms in total. The molecular weight excluding hydrogens is 480 g/mol. The molecule has 170 valence electrons. The predicted octanol–water partition coefficient (Wildman–Crippen LogP) is 4.40. The summed E-state index contributed by atoms with van der Waals surface area (Å²) >= 11 is 2.83. The molecule has 1 aromatic carbocycles. The molecular formula is C24H16N8OS2. The summed E-state index contributed by atoms with van der Waals surface area (Å²) in [6, 6.07) is 13.5. The van der Waals surface area contributed by atoms with Crippen molar-refractivity contribution in [2.24, 2.45) is 10.1 Å². The van der Waals surface area contributed by atoms with Crippen molar-refractivity contribution in [1.82, 2.24) is 24.6 Å². The second kappa shape index (κ2) is 7.79. The highest BCUT2D eigenvalue weighted by atomic mass is 32.2. The van der Waals surface area contributed by atoms with E-state index in [0.29, 0.717) is 27.5 Å². The van der Waals surface area contributed by atoms with Gasteiger partial charge in [-0.15, -0.1) is 0 Å². The molecule has 7 rings (SSSR count). The van der Waals surface area contributed by atoms with E-state index in [2.05, 4.69) is 15.1 Å². The number of nitrogens with one attached hydrogen (secondary N) is 1. The largest absolute Gasteiger partial charge is 0.283 e. The maximum atomic E-state index is 13.1. The highest BCUT2D eigenvalue weighted by molar-refractivity contribution is 8.27. The number of hydrogen-bond acceptors (Lipinski definition) is 8. The highest BCUT2D eigenvalue weighted by Gasteiger charge is 2.37. The van der Waals surface area contributed by atoms with E-state index in [4.69, 9.17) is 15.5 Å². The van der Waals surface area contributed by atoms with E-state index in [-0.39, 0.29) is 11.4 Å². The van der Waals surface area contributed by atoms with Crippen LogP contribution in [0.3, 0.4) is 0 Å². The number of fused-ring (bicyclic) bond motifs is 2. The molecule has 2 aliphatic heterocycles. The lowest BCUT2D eigenvalue weighted by Gasteiger charge is -2.20. The average molecular weight is 497 g/mol. The normalized spacial score (nSPS) is 18.9. The highest BCUT2D eigenvalue weighted by Crippen LogP contribution is 2.43. The number of thioether (sulfide) groups is 1. The lowest BCUT2D eigenvalue weighted by molar-refractivity contribution is -0.114. The number of rotatable bonds is 4. The quantitative estimate of drug-likeness (QED) is 0.419. The number of aliphatic imine (C=N–C) groups is 1. The summed E-state index contributed by atoms with van der Waals surface area (Å²) in [6.45, 7) is 0. The number of carbonyl (C=O) groups is 1. The van der Waals surface area contributed by atoms with Crippen LogP contribution in [0.2, 0.25) is 0 Å². The summed E-state index contributed by atoms with van der Waals surface area (Å²) in [5.41, 5.74) is 3.23. The van der Waals surface area contributed by atoms with Gasteiger partial charge in [0.15, 0.2) is 5.84 Å². The minimum atomic E-state index is -0.483. The molecule has 0 radical (unpaired) electrons. The van der Waals surface area contributed by atoms with Gasteiger partial charge in [0.1, 0.15) is 10.1 Å². The molecule has 35 heavy (non-hydrogen) atoms. The second-order valence-corrected chi connectivity index (χ2v) is 10.2. The summed E-state index contributed by atoms with van der Waals surface area (Å²) in [5.74, 6) is -0.0213. The lowest BCUT2D eigenvalue weighted by Crippen LogP contribution is -2.35. The van der Waals surface area contributed by atoms with Crippen LogP contribution in [-0.4, -0.2) is 46.5 Å². The maximum Gasteiger partial charge on any atom is 0.283 e. The van der Waals surface area contributed by atoms with E-state index >= 15 is 0 Å². The Labute approximate surface area is 207 Å². The molecule has 5 heterocycles. The van der Waals surface area contributed by atoms with Crippen LogP contribution >= 0.6 is 23.1 Å². The molecule has 3 aliphatic rings. The number of hydrogen-bond donors (Lipinski definition) is 1. The van der Waals surface area contributed by atoms with Crippen molar-refractivity contribution in [1.29, 1.82) is 5.41 Å². The smallest absolute Gasteiger partial charge is 0.282 e. The second-order valence-electron chi connectivity index (χ2n) is 8.29. The van der Waals surface area contributed by atoms with E-state index in [0.717, 1.165) is 33.9 Å². The Morgan fingerprint density at radius 1 is 1.09 bits per heavy atom. The lowest BCUT2D eigenvalue weighted by atomic mass is 10.1. The van der Waals surface area contributed by atoms with Crippen LogP contribution in [0.5, 0.6) is 0 Å². The van der Waals surface area contributed by atoms with Crippen LogP contribution in [0, 0.1) is 5.41 Å². The predicted molar refractivity (Wildman–Crippen MR) is 137 cm³/mol. The fourth-order valence-corrected chi connectivity index (χ4v) is 5.90. The van der Waals surface area contributed by atoms with Crippen molar-refractivity contribution in [2.75, 3.05) is 0 Å². The Morgan fingerprint density at radius 3 is 2.69 bits per heavy atom. The van der Waals surface area contributed by atoms with Gasteiger partial charge in [0.2, 0.25) is 10.1 Å². The van der Waals surface area contributed by atoms with Gasteiger partial charge in [-0.2, -0.15) is 20.2 Å². The number of pyridine rings is 1. The first-order valence-electron chi connectivity index (χ1n) is 11.0. The van der Waals surface area contributed by atoms with Crippen molar-refractivity contribution < 1.29 is 4.79 Å². The minimum absolute atomic E-state index is 0.0296. The fraction of sp³-hybridized carbons (Fsp3) is 0.125. The van der Waals surface area contributed by atoms with E-state index in [1.807, 2.05) is 42.5 Å². The average Bonchev–Trinajstić information content (AvgIpc) is 3.37. The number of nitrogens with zero attached hydrogens (tertiary/aromatic N) is 7. The molecule has 11 heteroatoms. The van der Waals surface area contributed by atoms with Gasteiger partial charge in [-0.25, -0.2) is 9.50 Å². The Hall–Kier alpha value is -3.96. The zero-order valence-corrected chi connectivity index (χ0v) is 19.8. The number of carbonyl (C=O) groups excluding carboxylic acids is 1. The Bertz CT molecular complexity index is 1610. The molecule has 1 N–H and O–H groups in total. The molecule has 0 saturated heterocycles. The van der Waals surface area contributed by atoms with Gasteiger partial charge in [-0.05, 0) is 42.8 Å². The fourth-order valence-electron chi connectivity index (χ4n) is 3.95. The van der Waals surface area contributed by atoms with Crippen LogP contribution in [0.25, 0.3) is 22.3 Å². The van der Waals surface area contributed by atoms with E-state index in [9.17, 15) is 4.79 Å². The van der Waals surface area contributed by atoms with Crippen LogP contribution in [0.15, 0.2) is 70.5 Å². The Balaban J connectivity index is 1.34. The SMILES string of the molecule is N=C1/C(=C/c2c(-c3ccccc3)nc3sc(C4CC4)nn23)C(=O)N=C2SC(c3cccnc3)=NN12. The Kier molecular flexibility index (Phi) is 4.54. The summed E-state index contributed by atoms with van der Waals surface area (Å²) in [7, 11) is 0. The third-order valence-corrected chi connectivity index (χ3v) is 7.90. The van der Waals surface area contributed by atoms with Gasteiger partial charge in [0.05, 0.1) is 17.0 Å². The third kappa shape index (κ3) is 3.43. The van der Waals surface area contributed by atoms with Gasteiger partial charge in [0.25, 0.3) is 5.91 Å². The van der Waals surface area contributed by atoms with Gasteiger partial charge in [0, 0.05) is 29.4 Å². The third-order valence-electron chi connectivity index (χ3n) is 5.87. The Morgan fingerprint density at radius 2 is 1.91 bits per heavy atom. The molecule has 1 aliphatic carbocycles. The van der Waals surface area contributed by atoms with Crippen LogP contribution in [0.1, 0.15) is 35.0 Å². The minimum Gasteiger partial charge on any atom is -0.282 e. The molecule has 0 unspecified atom stereocenters. The standard InChI is InChI=1S/C24H16N8OS2/c25-19-16(20(33)28-24-32(19)30-22(35-24)15-7-4-10-26-12-15)11-17-18(13-5-2-1-3-6-13)27-23-31(17)29-21(34-23)14-8-9-14/h1-7,10-12,14,25H,8-9H2/b16-11-,25-19?. The van der Waals surface area contributed by atoms with Crippen molar-refractivity contribution in [2.45, 2.75) is 18.8 Å². The number of imidazole rings is 1. The molecule has 1 amide bonds. The van der Waals surface area contributed by atoms with Crippen LogP contribution in [-0.2, 0) is 4.79 Å². The molecule has 3 aromatic heterocycles. The van der Waals surface area contributed by atoms with Crippen molar-refractivity contribution >= 4 is 56.1 Å². The number of amidine groups is 2. The zero-order valence-electron chi connectivity index (χ0n) is 18.1. The molecule has 0 spiro atoms. The monoisotopic (exact) mass is 496 g/mol. The summed E-state index contributed by atoms with van der Waals surface area (Å²) in [4.78, 5) is 27.1. The van der Waals surface area contributed by atoms with Gasteiger partial charge in [-0.3, -0.25) is 15.2 Å². The van der Waals surface area contributed by atoms with Crippen molar-refractivity contribution in [3.63, 3.8) is 0 Å². The zero-order chi connectivity index (χ0) is 23.5. The van der Waals surface area contributed by atoms with Crippen molar-refractivity contribution in [3.05, 3.63) is 76.7 Å².